The molecule has 6 nitrogen and oxygen atoms in total. The maximum atomic E-state index is 12.1. The highest BCUT2D eigenvalue weighted by atomic mass is 32.2. The quantitative estimate of drug-likeness (QED) is 0.434. The summed E-state index contributed by atoms with van der Waals surface area (Å²) in [5.41, 5.74) is 2.15. The molecule has 0 atom stereocenters. The third kappa shape index (κ3) is 3.89. The maximum absolute atomic E-state index is 12.1. The summed E-state index contributed by atoms with van der Waals surface area (Å²) in [6, 6.07) is 14.1. The summed E-state index contributed by atoms with van der Waals surface area (Å²) in [6.07, 6.45) is 1.56. The fourth-order valence-corrected chi connectivity index (χ4v) is 2.99. The van der Waals surface area contributed by atoms with Crippen LogP contribution >= 0.6 is 11.8 Å². The number of carbonyl (C=O) groups is 3. The topological polar surface area (TPSA) is 95.5 Å². The highest BCUT2D eigenvalue weighted by molar-refractivity contribution is 8.00. The van der Waals surface area contributed by atoms with E-state index in [0.29, 0.717) is 16.7 Å². The van der Waals surface area contributed by atoms with Crippen molar-refractivity contribution in [1.82, 2.24) is 5.32 Å². The number of imide groups is 1. The van der Waals surface area contributed by atoms with Crippen molar-refractivity contribution in [3.63, 3.8) is 0 Å². The second-order valence-corrected chi connectivity index (χ2v) is 6.29. The van der Waals surface area contributed by atoms with Crippen LogP contribution in [0.25, 0.3) is 5.57 Å². The Hall–Kier alpha value is -3.06. The molecule has 0 fully saturated rings. The highest BCUT2D eigenvalue weighted by Gasteiger charge is 2.26. The summed E-state index contributed by atoms with van der Waals surface area (Å²) < 4.78 is 0. The standard InChI is InChI=1S/C18H14N2O4S/c21-16(22)10-25-12-7-5-11(6-8-12)19-9-15-13-3-1-2-4-14(13)17(23)20-18(15)24/h1-9,19H,10H2,(H,21,22)(H,20,23,24)/b15-9-. The summed E-state index contributed by atoms with van der Waals surface area (Å²) in [5.74, 6) is -1.72. The second-order valence-electron chi connectivity index (χ2n) is 5.24. The molecule has 0 saturated heterocycles. The molecule has 1 aliphatic heterocycles. The number of hydrogen-bond acceptors (Lipinski definition) is 5. The third-order valence-electron chi connectivity index (χ3n) is 3.53. The van der Waals surface area contributed by atoms with Crippen LogP contribution in [0.15, 0.2) is 59.6 Å². The zero-order chi connectivity index (χ0) is 17.8. The van der Waals surface area contributed by atoms with E-state index < -0.39 is 17.8 Å². The summed E-state index contributed by atoms with van der Waals surface area (Å²) >= 11 is 1.23. The Bertz CT molecular complexity index is 875. The summed E-state index contributed by atoms with van der Waals surface area (Å²) in [6.45, 7) is 0. The van der Waals surface area contributed by atoms with Crippen LogP contribution in [0.5, 0.6) is 0 Å². The Balaban J connectivity index is 1.77. The molecule has 7 heteroatoms. The number of carbonyl (C=O) groups excluding carboxylic acids is 2. The van der Waals surface area contributed by atoms with Crippen molar-refractivity contribution in [2.24, 2.45) is 0 Å². The van der Waals surface area contributed by atoms with E-state index in [1.807, 2.05) is 0 Å². The lowest BCUT2D eigenvalue weighted by Gasteiger charge is -2.18. The number of benzene rings is 2. The van der Waals surface area contributed by atoms with Gasteiger partial charge in [0.2, 0.25) is 0 Å². The van der Waals surface area contributed by atoms with Crippen LogP contribution in [0, 0.1) is 0 Å². The fourth-order valence-electron chi connectivity index (χ4n) is 2.37. The molecular weight excluding hydrogens is 340 g/mol. The predicted octanol–water partition coefficient (Wildman–Crippen LogP) is 2.59. The molecule has 3 N–H and O–H groups in total. The van der Waals surface area contributed by atoms with Gasteiger partial charge in [-0.3, -0.25) is 19.7 Å². The summed E-state index contributed by atoms with van der Waals surface area (Å²) in [4.78, 5) is 35.3. The van der Waals surface area contributed by atoms with Gasteiger partial charge in [0.1, 0.15) is 0 Å². The molecule has 0 bridgehead atoms. The van der Waals surface area contributed by atoms with Gasteiger partial charge < -0.3 is 10.4 Å². The van der Waals surface area contributed by atoms with Gasteiger partial charge in [0.05, 0.1) is 11.3 Å². The van der Waals surface area contributed by atoms with Crippen molar-refractivity contribution >= 4 is 40.8 Å². The maximum Gasteiger partial charge on any atom is 0.313 e. The lowest BCUT2D eigenvalue weighted by atomic mass is 9.96. The number of fused-ring (bicyclic) bond motifs is 1. The molecule has 0 spiro atoms. The number of anilines is 1. The van der Waals surface area contributed by atoms with Crippen molar-refractivity contribution in [2.75, 3.05) is 11.1 Å². The zero-order valence-electron chi connectivity index (χ0n) is 13.0. The molecule has 0 radical (unpaired) electrons. The van der Waals surface area contributed by atoms with Crippen LogP contribution in [0.4, 0.5) is 5.69 Å². The first-order valence-electron chi connectivity index (χ1n) is 7.41. The van der Waals surface area contributed by atoms with Crippen molar-refractivity contribution in [3.8, 4) is 0 Å². The molecule has 2 aromatic rings. The SMILES string of the molecule is O=C(O)CSc1ccc(N/C=C2\C(=O)NC(=O)c3ccccc32)cc1. The van der Waals surface area contributed by atoms with Gasteiger partial charge in [0, 0.05) is 27.9 Å². The summed E-state index contributed by atoms with van der Waals surface area (Å²) in [5, 5.41) is 14.0. The number of aliphatic carboxylic acids is 1. The lowest BCUT2D eigenvalue weighted by molar-refractivity contribution is -0.133. The molecule has 1 heterocycles. The van der Waals surface area contributed by atoms with Gasteiger partial charge >= 0.3 is 5.97 Å². The van der Waals surface area contributed by atoms with Crippen LogP contribution in [0.2, 0.25) is 0 Å². The smallest absolute Gasteiger partial charge is 0.313 e. The largest absolute Gasteiger partial charge is 0.481 e. The van der Waals surface area contributed by atoms with E-state index >= 15 is 0 Å². The minimum atomic E-state index is -0.867. The number of thioether (sulfide) groups is 1. The first-order chi connectivity index (χ1) is 12.0. The Kier molecular flexibility index (Phi) is 4.85. The average Bonchev–Trinajstić information content (AvgIpc) is 2.61. The van der Waals surface area contributed by atoms with Crippen LogP contribution < -0.4 is 10.6 Å². The minimum absolute atomic E-state index is 0.00180. The average molecular weight is 354 g/mol. The Morgan fingerprint density at radius 2 is 1.72 bits per heavy atom. The van der Waals surface area contributed by atoms with Gasteiger partial charge in [0.25, 0.3) is 11.8 Å². The number of rotatable bonds is 5. The highest BCUT2D eigenvalue weighted by Crippen LogP contribution is 2.25. The normalized spacial score (nSPS) is 14.8. The Morgan fingerprint density at radius 3 is 2.40 bits per heavy atom. The van der Waals surface area contributed by atoms with Crippen molar-refractivity contribution in [3.05, 3.63) is 65.9 Å². The summed E-state index contributed by atoms with van der Waals surface area (Å²) in [7, 11) is 0. The molecular formula is C18H14N2O4S. The zero-order valence-corrected chi connectivity index (χ0v) is 13.8. The molecule has 2 aromatic carbocycles. The lowest BCUT2D eigenvalue weighted by Crippen LogP contribution is -2.36. The van der Waals surface area contributed by atoms with E-state index in [1.165, 1.54) is 11.8 Å². The van der Waals surface area contributed by atoms with E-state index in [0.717, 1.165) is 10.6 Å². The van der Waals surface area contributed by atoms with Crippen LogP contribution in [0.3, 0.4) is 0 Å². The second kappa shape index (κ2) is 7.23. The molecule has 0 aliphatic carbocycles. The Labute approximate surface area is 147 Å². The molecule has 1 aliphatic rings. The van der Waals surface area contributed by atoms with Gasteiger partial charge in [-0.1, -0.05) is 18.2 Å². The van der Waals surface area contributed by atoms with E-state index in [9.17, 15) is 14.4 Å². The van der Waals surface area contributed by atoms with Crippen molar-refractivity contribution < 1.29 is 19.5 Å². The Morgan fingerprint density at radius 1 is 1.04 bits per heavy atom. The third-order valence-corrected chi connectivity index (χ3v) is 4.53. The van der Waals surface area contributed by atoms with Crippen LogP contribution in [0.1, 0.15) is 15.9 Å². The fraction of sp³-hybridized carbons (Fsp3) is 0.0556. The number of hydrogen-bond donors (Lipinski definition) is 3. The van der Waals surface area contributed by atoms with Crippen molar-refractivity contribution in [2.45, 2.75) is 4.90 Å². The van der Waals surface area contributed by atoms with Gasteiger partial charge in [-0.15, -0.1) is 11.8 Å². The molecule has 0 unspecified atom stereocenters. The first-order valence-corrected chi connectivity index (χ1v) is 8.39. The van der Waals surface area contributed by atoms with E-state index in [4.69, 9.17) is 5.11 Å². The molecule has 0 aromatic heterocycles. The molecule has 3 rings (SSSR count). The number of carboxylic acid groups (broad SMARTS) is 1. The molecule has 25 heavy (non-hydrogen) atoms. The monoisotopic (exact) mass is 354 g/mol. The number of carboxylic acids is 1. The van der Waals surface area contributed by atoms with E-state index in [1.54, 1.807) is 54.7 Å². The van der Waals surface area contributed by atoms with Gasteiger partial charge in [0.15, 0.2) is 0 Å². The van der Waals surface area contributed by atoms with Crippen LogP contribution in [-0.4, -0.2) is 28.6 Å². The minimum Gasteiger partial charge on any atom is -0.481 e. The van der Waals surface area contributed by atoms with Crippen molar-refractivity contribution in [1.29, 1.82) is 0 Å². The predicted molar refractivity (Wildman–Crippen MR) is 95.3 cm³/mol. The van der Waals surface area contributed by atoms with Gasteiger partial charge in [-0.25, -0.2) is 0 Å². The molecule has 2 amide bonds. The first kappa shape index (κ1) is 16.8. The molecule has 126 valence electrons. The van der Waals surface area contributed by atoms with Crippen LogP contribution in [-0.2, 0) is 9.59 Å². The van der Waals surface area contributed by atoms with Gasteiger partial charge in [-0.2, -0.15) is 0 Å². The number of amides is 2. The van der Waals surface area contributed by atoms with E-state index in [2.05, 4.69) is 10.6 Å². The van der Waals surface area contributed by atoms with E-state index in [-0.39, 0.29) is 5.75 Å². The molecule has 0 saturated carbocycles. The van der Waals surface area contributed by atoms with Gasteiger partial charge in [-0.05, 0) is 30.3 Å². The number of nitrogens with one attached hydrogen (secondary N) is 2.